The Hall–Kier alpha value is -1.26. The fourth-order valence-electron chi connectivity index (χ4n) is 0.778. The highest BCUT2D eigenvalue weighted by Gasteiger charge is 1.98. The van der Waals surface area contributed by atoms with Gasteiger partial charge in [-0.1, -0.05) is 23.7 Å². The molecule has 0 atom stereocenters. The summed E-state index contributed by atoms with van der Waals surface area (Å²) in [5.74, 6) is -0.931. The second-order valence-corrected chi connectivity index (χ2v) is 2.76. The van der Waals surface area contributed by atoms with Crippen molar-refractivity contribution >= 4 is 23.3 Å². The van der Waals surface area contributed by atoms with Crippen molar-refractivity contribution in [2.24, 2.45) is 0 Å². The summed E-state index contributed by atoms with van der Waals surface area (Å²) in [6.45, 7) is -0.161. The second-order valence-electron chi connectivity index (χ2n) is 2.35. The minimum atomic E-state index is -0.931. The van der Waals surface area contributed by atoms with Gasteiger partial charge in [0, 0.05) is 0 Å². The molecule has 0 radical (unpaired) electrons. The number of aliphatic carboxylic acids is 1. The summed E-state index contributed by atoms with van der Waals surface area (Å²) in [6.07, 6.45) is 0. The highest BCUT2D eigenvalue weighted by atomic mass is 35.5. The molecule has 0 aliphatic rings. The number of anilines is 1. The molecule has 3 N–H and O–H groups in total. The van der Waals surface area contributed by atoms with Gasteiger partial charge in [-0.15, -0.1) is 0 Å². The maximum atomic E-state index is 10.1. The first-order chi connectivity index (χ1) is 6.20. The summed E-state index contributed by atoms with van der Waals surface area (Å²) in [5.41, 5.74) is 5.85. The normalized spacial score (nSPS) is 9.62. The third-order valence-electron chi connectivity index (χ3n) is 1.34. The van der Waals surface area contributed by atoms with Crippen molar-refractivity contribution in [1.29, 1.82) is 0 Å². The van der Waals surface area contributed by atoms with Crippen LogP contribution in [-0.4, -0.2) is 17.6 Å². The van der Waals surface area contributed by atoms with Gasteiger partial charge in [0.15, 0.2) is 0 Å². The molecule has 0 saturated carbocycles. The SMILES string of the molecule is O=C(O)CNNc1ccccc1Cl. The summed E-state index contributed by atoms with van der Waals surface area (Å²) in [6, 6.07) is 7.06. The van der Waals surface area contributed by atoms with Crippen molar-refractivity contribution in [3.05, 3.63) is 29.3 Å². The molecule has 0 amide bonds. The van der Waals surface area contributed by atoms with Gasteiger partial charge in [0.1, 0.15) is 6.54 Å². The summed E-state index contributed by atoms with van der Waals surface area (Å²) >= 11 is 5.79. The van der Waals surface area contributed by atoms with E-state index in [1.807, 2.05) is 0 Å². The van der Waals surface area contributed by atoms with Crippen LogP contribution in [0.2, 0.25) is 5.02 Å². The standard InChI is InChI=1S/C8H9ClN2O2/c9-6-3-1-2-4-7(6)11-10-5-8(12)13/h1-4,10-11H,5H2,(H,12,13). The van der Waals surface area contributed by atoms with E-state index in [2.05, 4.69) is 10.9 Å². The lowest BCUT2D eigenvalue weighted by Gasteiger charge is -2.07. The Kier molecular flexibility index (Phi) is 3.54. The Morgan fingerprint density at radius 2 is 2.15 bits per heavy atom. The number of benzene rings is 1. The smallest absolute Gasteiger partial charge is 0.319 e. The van der Waals surface area contributed by atoms with Gasteiger partial charge in [-0.05, 0) is 12.1 Å². The largest absolute Gasteiger partial charge is 0.480 e. The van der Waals surface area contributed by atoms with Crippen LogP contribution >= 0.6 is 11.6 Å². The molecule has 0 aromatic heterocycles. The van der Waals surface area contributed by atoms with Gasteiger partial charge in [0.2, 0.25) is 0 Å². The molecule has 0 saturated heterocycles. The topological polar surface area (TPSA) is 61.4 Å². The molecular weight excluding hydrogens is 192 g/mol. The molecule has 0 aliphatic carbocycles. The minimum absolute atomic E-state index is 0.161. The zero-order valence-electron chi connectivity index (χ0n) is 6.75. The number of rotatable bonds is 4. The Morgan fingerprint density at radius 3 is 2.77 bits per heavy atom. The third kappa shape index (κ3) is 3.31. The number of nitrogens with one attached hydrogen (secondary N) is 2. The predicted octanol–water partition coefficient (Wildman–Crippen LogP) is 1.34. The Bertz CT molecular complexity index is 304. The van der Waals surface area contributed by atoms with Crippen molar-refractivity contribution in [1.82, 2.24) is 5.43 Å². The maximum Gasteiger partial charge on any atom is 0.319 e. The maximum absolute atomic E-state index is 10.1. The molecule has 4 nitrogen and oxygen atoms in total. The van der Waals surface area contributed by atoms with Crippen molar-refractivity contribution in [3.8, 4) is 0 Å². The number of carboxylic acid groups (broad SMARTS) is 1. The van der Waals surface area contributed by atoms with E-state index in [0.29, 0.717) is 10.7 Å². The van der Waals surface area contributed by atoms with Crippen LogP contribution in [0.25, 0.3) is 0 Å². The number of carbonyl (C=O) groups is 1. The average molecular weight is 201 g/mol. The molecule has 1 aromatic carbocycles. The van der Waals surface area contributed by atoms with Crippen molar-refractivity contribution < 1.29 is 9.90 Å². The predicted molar refractivity (Wildman–Crippen MR) is 50.7 cm³/mol. The molecule has 0 unspecified atom stereocenters. The highest BCUT2D eigenvalue weighted by Crippen LogP contribution is 2.18. The Morgan fingerprint density at radius 1 is 1.46 bits per heavy atom. The first-order valence-corrected chi connectivity index (χ1v) is 4.03. The second kappa shape index (κ2) is 4.69. The molecular formula is C8H9ClN2O2. The van der Waals surface area contributed by atoms with Gasteiger partial charge in [0.05, 0.1) is 10.7 Å². The molecule has 0 bridgehead atoms. The van der Waals surface area contributed by atoms with E-state index < -0.39 is 5.97 Å². The molecule has 1 aromatic rings. The zero-order chi connectivity index (χ0) is 9.68. The lowest BCUT2D eigenvalue weighted by atomic mass is 10.3. The minimum Gasteiger partial charge on any atom is -0.480 e. The zero-order valence-corrected chi connectivity index (χ0v) is 7.51. The third-order valence-corrected chi connectivity index (χ3v) is 1.67. The number of hydrogen-bond acceptors (Lipinski definition) is 3. The molecule has 13 heavy (non-hydrogen) atoms. The van der Waals surface area contributed by atoms with Gasteiger partial charge >= 0.3 is 5.97 Å². The van der Waals surface area contributed by atoms with Crippen LogP contribution in [0.4, 0.5) is 5.69 Å². The summed E-state index contributed by atoms with van der Waals surface area (Å²) < 4.78 is 0. The van der Waals surface area contributed by atoms with E-state index >= 15 is 0 Å². The lowest BCUT2D eigenvalue weighted by Crippen LogP contribution is -2.28. The van der Waals surface area contributed by atoms with E-state index in [0.717, 1.165) is 0 Å². The van der Waals surface area contributed by atoms with Crippen LogP contribution in [0, 0.1) is 0 Å². The van der Waals surface area contributed by atoms with Gasteiger partial charge in [0.25, 0.3) is 0 Å². The molecule has 0 heterocycles. The Labute approximate surface area is 80.5 Å². The van der Waals surface area contributed by atoms with E-state index in [9.17, 15) is 4.79 Å². The van der Waals surface area contributed by atoms with E-state index in [1.165, 1.54) is 0 Å². The van der Waals surface area contributed by atoms with Gasteiger partial charge < -0.3 is 10.5 Å². The number of hydrazine groups is 1. The molecule has 70 valence electrons. The average Bonchev–Trinajstić information content (AvgIpc) is 2.08. The number of hydrogen-bond donors (Lipinski definition) is 3. The number of halogens is 1. The molecule has 0 fully saturated rings. The van der Waals surface area contributed by atoms with Crippen LogP contribution in [0.1, 0.15) is 0 Å². The molecule has 1 rings (SSSR count). The van der Waals surface area contributed by atoms with Crippen LogP contribution in [0.3, 0.4) is 0 Å². The Balaban J connectivity index is 2.45. The van der Waals surface area contributed by atoms with Crippen LogP contribution in [0.15, 0.2) is 24.3 Å². The van der Waals surface area contributed by atoms with E-state index in [1.54, 1.807) is 24.3 Å². The fourth-order valence-corrected chi connectivity index (χ4v) is 0.961. The van der Waals surface area contributed by atoms with Crippen molar-refractivity contribution in [2.45, 2.75) is 0 Å². The van der Waals surface area contributed by atoms with Gasteiger partial charge in [-0.2, -0.15) is 0 Å². The van der Waals surface area contributed by atoms with Gasteiger partial charge in [-0.3, -0.25) is 4.79 Å². The summed E-state index contributed by atoms with van der Waals surface area (Å²) in [7, 11) is 0. The summed E-state index contributed by atoms with van der Waals surface area (Å²) in [4.78, 5) is 10.1. The van der Waals surface area contributed by atoms with E-state index in [4.69, 9.17) is 16.7 Å². The van der Waals surface area contributed by atoms with Crippen LogP contribution < -0.4 is 10.9 Å². The van der Waals surface area contributed by atoms with Crippen molar-refractivity contribution in [3.63, 3.8) is 0 Å². The quantitative estimate of drug-likeness (QED) is 0.642. The monoisotopic (exact) mass is 200 g/mol. The molecule has 0 aliphatic heterocycles. The highest BCUT2D eigenvalue weighted by molar-refractivity contribution is 6.33. The number of carboxylic acids is 1. The van der Waals surface area contributed by atoms with E-state index in [-0.39, 0.29) is 6.54 Å². The van der Waals surface area contributed by atoms with Gasteiger partial charge in [-0.25, -0.2) is 5.43 Å². The molecule has 5 heteroatoms. The number of para-hydroxylation sites is 1. The van der Waals surface area contributed by atoms with Crippen molar-refractivity contribution in [2.75, 3.05) is 12.0 Å². The fraction of sp³-hybridized carbons (Fsp3) is 0.125. The first kappa shape index (κ1) is 9.83. The first-order valence-electron chi connectivity index (χ1n) is 3.65. The lowest BCUT2D eigenvalue weighted by molar-refractivity contribution is -0.135. The molecule has 0 spiro atoms. The summed E-state index contributed by atoms with van der Waals surface area (Å²) in [5, 5.41) is 8.87. The van der Waals surface area contributed by atoms with Crippen LogP contribution in [0.5, 0.6) is 0 Å². The van der Waals surface area contributed by atoms with Crippen LogP contribution in [-0.2, 0) is 4.79 Å².